The van der Waals surface area contributed by atoms with Gasteiger partial charge in [0.05, 0.1) is 18.5 Å². The zero-order chi connectivity index (χ0) is 29.1. The number of halogens is 1. The average molecular weight is 566 g/mol. The maximum Gasteiger partial charge on any atom is 0.227 e. The van der Waals surface area contributed by atoms with Crippen LogP contribution in [0, 0.1) is 5.82 Å². The van der Waals surface area contributed by atoms with Gasteiger partial charge in [0, 0.05) is 73.2 Å². The minimum absolute atomic E-state index is 0.281. The summed E-state index contributed by atoms with van der Waals surface area (Å²) in [5.74, 6) is 1.24. The van der Waals surface area contributed by atoms with Crippen molar-refractivity contribution in [1.82, 2.24) is 34.6 Å². The molecule has 1 saturated heterocycles. The van der Waals surface area contributed by atoms with Crippen molar-refractivity contribution in [2.75, 3.05) is 43.5 Å². The summed E-state index contributed by atoms with van der Waals surface area (Å²) in [6.07, 6.45) is 5.01. The first-order chi connectivity index (χ1) is 20.4. The molecule has 0 saturated carbocycles. The van der Waals surface area contributed by atoms with Gasteiger partial charge in [-0.15, -0.1) is 5.10 Å². The molecule has 1 aliphatic heterocycles. The van der Waals surface area contributed by atoms with E-state index in [9.17, 15) is 4.39 Å². The molecule has 1 aliphatic rings. The quantitative estimate of drug-likeness (QED) is 0.272. The first kappa shape index (κ1) is 27.3. The van der Waals surface area contributed by atoms with Crippen LogP contribution in [0.4, 0.5) is 21.7 Å². The van der Waals surface area contributed by atoms with Crippen LogP contribution in [0.15, 0.2) is 79.4 Å². The monoisotopic (exact) mass is 565 g/mol. The van der Waals surface area contributed by atoms with Crippen LogP contribution in [-0.4, -0.2) is 73.9 Å². The van der Waals surface area contributed by atoms with Crippen molar-refractivity contribution in [3.63, 3.8) is 0 Å². The van der Waals surface area contributed by atoms with E-state index in [4.69, 9.17) is 4.74 Å². The van der Waals surface area contributed by atoms with E-state index in [-0.39, 0.29) is 5.82 Å². The smallest absolute Gasteiger partial charge is 0.227 e. The van der Waals surface area contributed by atoms with Crippen molar-refractivity contribution in [2.24, 2.45) is 0 Å². The Morgan fingerprint density at radius 3 is 2.38 bits per heavy atom. The van der Waals surface area contributed by atoms with Gasteiger partial charge in [-0.2, -0.15) is 0 Å². The van der Waals surface area contributed by atoms with Gasteiger partial charge in [-0.3, -0.25) is 4.90 Å². The largest absolute Gasteiger partial charge is 0.481 e. The number of hydrogen-bond donors (Lipinski definition) is 1. The topological polar surface area (TPSA) is 97.1 Å². The number of piperazine rings is 1. The lowest BCUT2D eigenvalue weighted by molar-refractivity contribution is 0.209. The molecule has 0 atom stereocenters. The first-order valence-corrected chi connectivity index (χ1v) is 13.9. The number of nitrogens with one attached hydrogen (secondary N) is 1. The van der Waals surface area contributed by atoms with Crippen LogP contribution in [0.3, 0.4) is 0 Å². The highest BCUT2D eigenvalue weighted by Crippen LogP contribution is 2.27. The summed E-state index contributed by atoms with van der Waals surface area (Å²) >= 11 is 0. The fourth-order valence-electron chi connectivity index (χ4n) is 4.96. The van der Waals surface area contributed by atoms with Crippen LogP contribution >= 0.6 is 0 Å². The SMILES string of the molecule is COc1ccc(-c2ncn(-c3ccc(Nc4nccc(-c5cc(F)cc(N6CCN(C(C)C)CC6)c5)n4)cc3)n2)cn1. The molecule has 42 heavy (non-hydrogen) atoms. The highest BCUT2D eigenvalue weighted by molar-refractivity contribution is 5.67. The summed E-state index contributed by atoms with van der Waals surface area (Å²) in [4.78, 5) is 22.3. The molecule has 0 spiro atoms. The van der Waals surface area contributed by atoms with Gasteiger partial charge in [0.15, 0.2) is 5.82 Å². The van der Waals surface area contributed by atoms with E-state index >= 15 is 0 Å². The molecule has 0 aliphatic carbocycles. The first-order valence-electron chi connectivity index (χ1n) is 13.9. The van der Waals surface area contributed by atoms with Gasteiger partial charge in [-0.05, 0) is 68.4 Å². The number of aromatic nitrogens is 6. The van der Waals surface area contributed by atoms with Crippen LogP contribution in [0.25, 0.3) is 28.3 Å². The third-order valence-corrected chi connectivity index (χ3v) is 7.33. The third kappa shape index (κ3) is 6.06. The van der Waals surface area contributed by atoms with E-state index in [2.05, 4.69) is 54.0 Å². The molecule has 214 valence electrons. The molecule has 2 aromatic carbocycles. The van der Waals surface area contributed by atoms with Crippen LogP contribution in [0.5, 0.6) is 5.88 Å². The van der Waals surface area contributed by atoms with Crippen molar-refractivity contribution in [3.8, 4) is 34.2 Å². The maximum absolute atomic E-state index is 14.7. The number of rotatable bonds is 8. The third-order valence-electron chi connectivity index (χ3n) is 7.33. The minimum Gasteiger partial charge on any atom is -0.481 e. The fourth-order valence-corrected chi connectivity index (χ4v) is 4.96. The Balaban J connectivity index is 1.15. The number of anilines is 3. The number of methoxy groups -OCH3 is 1. The maximum atomic E-state index is 14.7. The van der Waals surface area contributed by atoms with Crippen LogP contribution in [-0.2, 0) is 0 Å². The van der Waals surface area contributed by atoms with E-state index in [1.54, 1.807) is 48.7 Å². The number of ether oxygens (including phenoxy) is 1. The molecule has 1 fully saturated rings. The summed E-state index contributed by atoms with van der Waals surface area (Å²) in [5, 5.41) is 7.81. The minimum atomic E-state index is -0.281. The van der Waals surface area contributed by atoms with Gasteiger partial charge >= 0.3 is 0 Å². The Kier molecular flexibility index (Phi) is 7.74. The lowest BCUT2D eigenvalue weighted by Crippen LogP contribution is -2.48. The molecular formula is C31H32FN9O. The zero-order valence-electron chi connectivity index (χ0n) is 23.8. The molecule has 0 unspecified atom stereocenters. The van der Waals surface area contributed by atoms with E-state index in [0.29, 0.717) is 35.0 Å². The molecular weight excluding hydrogens is 533 g/mol. The van der Waals surface area contributed by atoms with Crippen molar-refractivity contribution in [1.29, 1.82) is 0 Å². The molecule has 1 N–H and O–H groups in total. The zero-order valence-corrected chi connectivity index (χ0v) is 23.8. The van der Waals surface area contributed by atoms with Crippen molar-refractivity contribution in [2.45, 2.75) is 19.9 Å². The average Bonchev–Trinajstić information content (AvgIpc) is 3.52. The van der Waals surface area contributed by atoms with Gasteiger partial charge in [-0.25, -0.2) is 29.0 Å². The summed E-state index contributed by atoms with van der Waals surface area (Å²) in [6.45, 7) is 8.06. The Labute approximate surface area is 243 Å². The summed E-state index contributed by atoms with van der Waals surface area (Å²) < 4.78 is 21.5. The Hall–Kier alpha value is -4.90. The Morgan fingerprint density at radius 2 is 1.67 bits per heavy atom. The number of pyridine rings is 1. The van der Waals surface area contributed by atoms with Gasteiger partial charge in [0.2, 0.25) is 11.8 Å². The summed E-state index contributed by atoms with van der Waals surface area (Å²) in [5.41, 5.74) is 4.68. The second kappa shape index (κ2) is 11.9. The van der Waals surface area contributed by atoms with E-state index < -0.39 is 0 Å². The van der Waals surface area contributed by atoms with Crippen LogP contribution in [0.2, 0.25) is 0 Å². The van der Waals surface area contributed by atoms with E-state index in [1.165, 1.54) is 6.07 Å². The fraction of sp³-hybridized carbons (Fsp3) is 0.258. The van der Waals surface area contributed by atoms with E-state index in [0.717, 1.165) is 48.8 Å². The molecule has 11 heteroatoms. The van der Waals surface area contributed by atoms with E-state index in [1.807, 2.05) is 36.4 Å². The molecule has 6 rings (SSSR count). The molecule has 3 aromatic heterocycles. The van der Waals surface area contributed by atoms with Gasteiger partial charge in [-0.1, -0.05) is 0 Å². The van der Waals surface area contributed by atoms with Crippen molar-refractivity contribution >= 4 is 17.3 Å². The molecule has 4 heterocycles. The molecule has 0 amide bonds. The summed E-state index contributed by atoms with van der Waals surface area (Å²) in [7, 11) is 1.58. The Morgan fingerprint density at radius 1 is 0.857 bits per heavy atom. The highest BCUT2D eigenvalue weighted by atomic mass is 19.1. The lowest BCUT2D eigenvalue weighted by atomic mass is 10.1. The standard InChI is InChI=1S/C31H32FN9O/c1-21(2)39-12-14-40(15-13-39)27-17-23(16-24(32)18-27)28-10-11-33-31(37-28)36-25-5-7-26(8-6-25)41-20-35-30(38-41)22-4-9-29(42-3)34-19-22/h4-11,16-21H,12-15H2,1-3H3,(H,33,36,37). The van der Waals surface area contributed by atoms with Crippen molar-refractivity contribution < 1.29 is 9.13 Å². The number of benzene rings is 2. The predicted molar refractivity (Wildman–Crippen MR) is 161 cm³/mol. The highest BCUT2D eigenvalue weighted by Gasteiger charge is 2.20. The van der Waals surface area contributed by atoms with Gasteiger partial charge < -0.3 is 15.0 Å². The second-order valence-electron chi connectivity index (χ2n) is 10.4. The van der Waals surface area contributed by atoms with Gasteiger partial charge in [0.1, 0.15) is 12.1 Å². The van der Waals surface area contributed by atoms with Gasteiger partial charge in [0.25, 0.3) is 0 Å². The molecule has 0 bridgehead atoms. The summed E-state index contributed by atoms with van der Waals surface area (Å²) in [6, 6.07) is 18.7. The number of hydrogen-bond acceptors (Lipinski definition) is 9. The van der Waals surface area contributed by atoms with Crippen molar-refractivity contribution in [3.05, 3.63) is 85.2 Å². The molecule has 5 aromatic rings. The molecule has 10 nitrogen and oxygen atoms in total. The second-order valence-corrected chi connectivity index (χ2v) is 10.4. The molecule has 0 radical (unpaired) electrons. The number of nitrogens with zero attached hydrogens (tertiary/aromatic N) is 8. The normalized spacial score (nSPS) is 13.9. The lowest BCUT2D eigenvalue weighted by Gasteiger charge is -2.38. The van der Waals surface area contributed by atoms with Crippen LogP contribution < -0.4 is 15.0 Å². The Bertz CT molecular complexity index is 1650. The van der Waals surface area contributed by atoms with Crippen LogP contribution in [0.1, 0.15) is 13.8 Å². The predicted octanol–water partition coefficient (Wildman–Crippen LogP) is 5.21.